The Bertz CT molecular complexity index is 1030. The average Bonchev–Trinajstić information content (AvgIpc) is 2.83. The molecule has 0 aliphatic rings. The summed E-state index contributed by atoms with van der Waals surface area (Å²) in [5.41, 5.74) is 12.8. The van der Waals surface area contributed by atoms with Gasteiger partial charge in [0.25, 0.3) is 0 Å². The van der Waals surface area contributed by atoms with Gasteiger partial charge in [-0.15, -0.1) is 10.2 Å². The van der Waals surface area contributed by atoms with Crippen molar-refractivity contribution < 1.29 is 14.3 Å². The molecule has 2 amide bonds. The Morgan fingerprint density at radius 2 is 1.58 bits per heavy atom. The second-order valence-corrected chi connectivity index (χ2v) is 9.11. The summed E-state index contributed by atoms with van der Waals surface area (Å²) in [5, 5.41) is 13.4. The molecule has 11 heteroatoms. The van der Waals surface area contributed by atoms with Gasteiger partial charge in [0.05, 0.1) is 11.9 Å². The van der Waals surface area contributed by atoms with Gasteiger partial charge in [-0.1, -0.05) is 25.3 Å². The van der Waals surface area contributed by atoms with Crippen LogP contribution in [0.15, 0.2) is 52.9 Å². The lowest BCUT2D eigenvalue weighted by atomic mass is 10.1. The van der Waals surface area contributed by atoms with E-state index in [2.05, 4.69) is 30.8 Å². The summed E-state index contributed by atoms with van der Waals surface area (Å²) >= 11 is 0. The first-order valence-corrected chi connectivity index (χ1v) is 11.9. The van der Waals surface area contributed by atoms with Crippen molar-refractivity contribution in [3.63, 3.8) is 0 Å². The van der Waals surface area contributed by atoms with Crippen LogP contribution in [0.3, 0.4) is 0 Å². The number of nitrogens with two attached hydrogens (primary N) is 2. The Morgan fingerprint density at radius 1 is 0.917 bits per heavy atom. The van der Waals surface area contributed by atoms with E-state index in [-0.39, 0.29) is 17.6 Å². The molecule has 2 aromatic heterocycles. The molecule has 0 fully saturated rings. The summed E-state index contributed by atoms with van der Waals surface area (Å²) < 4.78 is 5.19. The Morgan fingerprint density at radius 3 is 2.19 bits per heavy atom. The topological polar surface area (TPSA) is 170 Å². The van der Waals surface area contributed by atoms with E-state index in [0.29, 0.717) is 30.0 Å². The normalized spacial score (nSPS) is 12.2. The SMILES string of the molecule is CC(C)(C)OC(=O)NCCCCCCCC(=O)Nc1ccc(/C(N)=N/N=C(\N)c2ccccn2)nc1. The Balaban J connectivity index is 1.64. The van der Waals surface area contributed by atoms with Crippen LogP contribution in [-0.2, 0) is 9.53 Å². The maximum Gasteiger partial charge on any atom is 0.407 e. The van der Waals surface area contributed by atoms with Crippen LogP contribution in [-0.4, -0.2) is 45.8 Å². The van der Waals surface area contributed by atoms with Crippen LogP contribution in [0.5, 0.6) is 0 Å². The van der Waals surface area contributed by atoms with Crippen molar-refractivity contribution in [2.45, 2.75) is 64.9 Å². The van der Waals surface area contributed by atoms with Crippen LogP contribution in [0, 0.1) is 0 Å². The van der Waals surface area contributed by atoms with Gasteiger partial charge in [-0.05, 0) is 57.9 Å². The molecule has 11 nitrogen and oxygen atoms in total. The fourth-order valence-corrected chi connectivity index (χ4v) is 3.01. The first-order chi connectivity index (χ1) is 17.1. The lowest BCUT2D eigenvalue weighted by Gasteiger charge is -2.19. The Labute approximate surface area is 211 Å². The van der Waals surface area contributed by atoms with E-state index in [1.165, 1.54) is 6.20 Å². The third-order valence-corrected chi connectivity index (χ3v) is 4.75. The van der Waals surface area contributed by atoms with Crippen molar-refractivity contribution in [2.24, 2.45) is 21.7 Å². The van der Waals surface area contributed by atoms with Crippen molar-refractivity contribution in [1.29, 1.82) is 0 Å². The van der Waals surface area contributed by atoms with Crippen molar-refractivity contribution in [2.75, 3.05) is 11.9 Å². The monoisotopic (exact) mass is 496 g/mol. The molecule has 2 heterocycles. The standard InChI is InChI=1S/C25H36N8O3/c1-25(2,3)36-24(35)29-16-9-6-4-5-7-12-21(34)31-18-13-14-20(30-17-18)23(27)33-32-22(26)19-11-8-10-15-28-19/h8,10-11,13-15,17H,4-7,9,12,16H2,1-3H3,(H2,26,32)(H2,27,33)(H,29,35)(H,31,34). The number of hydrogen-bond donors (Lipinski definition) is 4. The molecule has 0 unspecified atom stereocenters. The van der Waals surface area contributed by atoms with Crippen molar-refractivity contribution in [3.8, 4) is 0 Å². The van der Waals surface area contributed by atoms with E-state index in [0.717, 1.165) is 32.1 Å². The van der Waals surface area contributed by atoms with E-state index in [4.69, 9.17) is 16.2 Å². The van der Waals surface area contributed by atoms with Gasteiger partial charge in [-0.3, -0.25) is 14.8 Å². The van der Waals surface area contributed by atoms with Gasteiger partial charge >= 0.3 is 6.09 Å². The molecule has 0 radical (unpaired) electrons. The zero-order chi connectivity index (χ0) is 26.4. The van der Waals surface area contributed by atoms with Crippen molar-refractivity contribution >= 4 is 29.4 Å². The number of rotatable bonds is 12. The first-order valence-electron chi connectivity index (χ1n) is 11.9. The van der Waals surface area contributed by atoms with Gasteiger partial charge in [-0.2, -0.15) is 0 Å². The summed E-state index contributed by atoms with van der Waals surface area (Å²) in [6.07, 6.45) is 7.70. The molecule has 0 saturated carbocycles. The highest BCUT2D eigenvalue weighted by Gasteiger charge is 2.15. The quantitative estimate of drug-likeness (QED) is 0.151. The lowest BCUT2D eigenvalue weighted by molar-refractivity contribution is -0.116. The minimum absolute atomic E-state index is 0.0782. The zero-order valence-corrected chi connectivity index (χ0v) is 21.2. The maximum atomic E-state index is 12.2. The number of carbonyl (C=O) groups is 2. The van der Waals surface area contributed by atoms with E-state index >= 15 is 0 Å². The molecule has 0 bridgehead atoms. The van der Waals surface area contributed by atoms with Crippen LogP contribution in [0.1, 0.15) is 70.7 Å². The molecule has 0 saturated heterocycles. The molecule has 0 atom stereocenters. The molecule has 0 aliphatic carbocycles. The number of pyridine rings is 2. The summed E-state index contributed by atoms with van der Waals surface area (Å²) in [7, 11) is 0. The van der Waals surface area contributed by atoms with E-state index in [9.17, 15) is 9.59 Å². The summed E-state index contributed by atoms with van der Waals surface area (Å²) in [4.78, 5) is 32.1. The zero-order valence-electron chi connectivity index (χ0n) is 21.2. The molecule has 0 aliphatic heterocycles. The van der Waals surface area contributed by atoms with Crippen LogP contribution in [0.4, 0.5) is 10.5 Å². The molecular formula is C25H36N8O3. The van der Waals surface area contributed by atoms with Gasteiger partial charge in [0.1, 0.15) is 17.0 Å². The van der Waals surface area contributed by atoms with E-state index in [1.807, 2.05) is 20.8 Å². The predicted molar refractivity (Wildman–Crippen MR) is 140 cm³/mol. The third kappa shape index (κ3) is 11.4. The second-order valence-electron chi connectivity index (χ2n) is 9.11. The van der Waals surface area contributed by atoms with Gasteiger partial charge in [0.15, 0.2) is 11.7 Å². The first kappa shape index (κ1) is 28.2. The summed E-state index contributed by atoms with van der Waals surface area (Å²) in [5.74, 6) is 0.151. The summed E-state index contributed by atoms with van der Waals surface area (Å²) in [6.45, 7) is 6.08. The Kier molecular flexibility index (Phi) is 11.3. The van der Waals surface area contributed by atoms with Crippen molar-refractivity contribution in [3.05, 3.63) is 54.1 Å². The number of nitrogens with one attached hydrogen (secondary N) is 2. The van der Waals surface area contributed by atoms with Crippen LogP contribution in [0.2, 0.25) is 0 Å². The third-order valence-electron chi connectivity index (χ3n) is 4.75. The number of alkyl carbamates (subject to hydrolysis) is 1. The lowest BCUT2D eigenvalue weighted by Crippen LogP contribution is -2.32. The number of aromatic nitrogens is 2. The average molecular weight is 497 g/mol. The van der Waals surface area contributed by atoms with Crippen LogP contribution >= 0.6 is 0 Å². The number of amides is 2. The Hall–Kier alpha value is -4.02. The molecule has 6 N–H and O–H groups in total. The molecule has 2 aromatic rings. The molecule has 0 spiro atoms. The molecule has 2 rings (SSSR count). The van der Waals surface area contributed by atoms with Gasteiger partial charge < -0.3 is 26.8 Å². The highest BCUT2D eigenvalue weighted by molar-refractivity contribution is 5.99. The maximum absolute atomic E-state index is 12.2. The van der Waals surface area contributed by atoms with Gasteiger partial charge in [0.2, 0.25) is 5.91 Å². The summed E-state index contributed by atoms with van der Waals surface area (Å²) in [6, 6.07) is 8.63. The smallest absolute Gasteiger partial charge is 0.407 e. The highest BCUT2D eigenvalue weighted by atomic mass is 16.6. The van der Waals surface area contributed by atoms with Gasteiger partial charge in [-0.25, -0.2) is 4.79 Å². The largest absolute Gasteiger partial charge is 0.444 e. The fraction of sp³-hybridized carbons (Fsp3) is 0.440. The number of carbonyl (C=O) groups excluding carboxylic acids is 2. The number of ether oxygens (including phenoxy) is 1. The molecular weight excluding hydrogens is 460 g/mol. The van der Waals surface area contributed by atoms with Crippen LogP contribution < -0.4 is 22.1 Å². The minimum Gasteiger partial charge on any atom is -0.444 e. The number of hydrogen-bond acceptors (Lipinski definition) is 7. The molecule has 0 aromatic carbocycles. The number of unbranched alkanes of at least 4 members (excludes halogenated alkanes) is 4. The number of nitrogens with zero attached hydrogens (tertiary/aromatic N) is 4. The fourth-order valence-electron chi connectivity index (χ4n) is 3.01. The number of amidine groups is 2. The van der Waals surface area contributed by atoms with Crippen LogP contribution in [0.25, 0.3) is 0 Å². The predicted octanol–water partition coefficient (Wildman–Crippen LogP) is 3.31. The number of anilines is 1. The molecule has 36 heavy (non-hydrogen) atoms. The minimum atomic E-state index is -0.491. The van der Waals surface area contributed by atoms with E-state index < -0.39 is 11.7 Å². The van der Waals surface area contributed by atoms with Crippen molar-refractivity contribution in [1.82, 2.24) is 15.3 Å². The highest BCUT2D eigenvalue weighted by Crippen LogP contribution is 2.10. The van der Waals surface area contributed by atoms with Gasteiger partial charge in [0, 0.05) is 19.2 Å². The second kappa shape index (κ2) is 14.4. The molecule has 194 valence electrons. The van der Waals surface area contributed by atoms with E-state index in [1.54, 1.807) is 36.5 Å².